The second-order valence-electron chi connectivity index (χ2n) is 4.65. The molecule has 0 bridgehead atoms. The van der Waals surface area contributed by atoms with Crippen LogP contribution in [0.3, 0.4) is 0 Å². The molecule has 1 heterocycles. The summed E-state index contributed by atoms with van der Waals surface area (Å²) in [7, 11) is 1.42. The molecule has 1 unspecified atom stereocenters. The summed E-state index contributed by atoms with van der Waals surface area (Å²) in [6.45, 7) is 4.45. The SMILES string of the molecule is COC(=O)C(CN1CCNCC1)c1ccccc1Cl. The molecule has 0 saturated carbocycles. The Hall–Kier alpha value is -1.10. The Balaban J connectivity index is 2.16. The first-order valence-corrected chi connectivity index (χ1v) is 6.85. The van der Waals surface area contributed by atoms with Gasteiger partial charge in [-0.15, -0.1) is 0 Å². The Labute approximate surface area is 118 Å². The highest BCUT2D eigenvalue weighted by Gasteiger charge is 2.26. The molecule has 1 N–H and O–H groups in total. The van der Waals surface area contributed by atoms with E-state index in [1.54, 1.807) is 0 Å². The minimum Gasteiger partial charge on any atom is -0.469 e. The Morgan fingerprint density at radius 3 is 2.74 bits per heavy atom. The van der Waals surface area contributed by atoms with Crippen LogP contribution in [0.4, 0.5) is 0 Å². The molecule has 1 saturated heterocycles. The molecule has 0 radical (unpaired) electrons. The lowest BCUT2D eigenvalue weighted by atomic mass is 9.98. The second kappa shape index (κ2) is 6.89. The third kappa shape index (κ3) is 3.69. The number of ether oxygens (including phenoxy) is 1. The first-order chi connectivity index (χ1) is 9.22. The Bertz CT molecular complexity index is 433. The molecule has 0 amide bonds. The zero-order valence-electron chi connectivity index (χ0n) is 11.1. The van der Waals surface area contributed by atoms with Gasteiger partial charge in [0.1, 0.15) is 0 Å². The molecule has 0 aliphatic carbocycles. The molecule has 1 aliphatic heterocycles. The Morgan fingerprint density at radius 1 is 1.42 bits per heavy atom. The summed E-state index contributed by atoms with van der Waals surface area (Å²) in [6, 6.07) is 7.47. The van der Waals surface area contributed by atoms with E-state index in [1.165, 1.54) is 7.11 Å². The normalized spacial score (nSPS) is 18.0. The number of halogens is 1. The number of esters is 1. The van der Waals surface area contributed by atoms with E-state index in [9.17, 15) is 4.79 Å². The first kappa shape index (κ1) is 14.3. The van der Waals surface area contributed by atoms with Crippen LogP contribution >= 0.6 is 11.6 Å². The molecule has 1 aliphatic rings. The first-order valence-electron chi connectivity index (χ1n) is 6.47. The zero-order valence-corrected chi connectivity index (χ0v) is 11.8. The number of carbonyl (C=O) groups excluding carboxylic acids is 1. The molecular weight excluding hydrogens is 264 g/mol. The zero-order chi connectivity index (χ0) is 13.7. The van der Waals surface area contributed by atoms with Crippen LogP contribution < -0.4 is 5.32 Å². The smallest absolute Gasteiger partial charge is 0.314 e. The number of piperazine rings is 1. The minimum atomic E-state index is -0.322. The van der Waals surface area contributed by atoms with E-state index >= 15 is 0 Å². The molecule has 0 aromatic heterocycles. The van der Waals surface area contributed by atoms with Crippen molar-refractivity contribution in [2.24, 2.45) is 0 Å². The molecule has 0 spiro atoms. The lowest BCUT2D eigenvalue weighted by Gasteiger charge is -2.30. The molecular formula is C14H19ClN2O2. The molecule has 5 heteroatoms. The van der Waals surface area contributed by atoms with Crippen LogP contribution in [-0.4, -0.2) is 50.7 Å². The highest BCUT2D eigenvalue weighted by atomic mass is 35.5. The van der Waals surface area contributed by atoms with E-state index in [2.05, 4.69) is 10.2 Å². The maximum absolute atomic E-state index is 12.0. The van der Waals surface area contributed by atoms with Crippen LogP contribution in [0.25, 0.3) is 0 Å². The topological polar surface area (TPSA) is 41.6 Å². The number of methoxy groups -OCH3 is 1. The number of benzene rings is 1. The van der Waals surface area contributed by atoms with Gasteiger partial charge in [0.15, 0.2) is 0 Å². The monoisotopic (exact) mass is 282 g/mol. The summed E-state index contributed by atoms with van der Waals surface area (Å²) in [5, 5.41) is 3.92. The van der Waals surface area contributed by atoms with Crippen LogP contribution in [0, 0.1) is 0 Å². The van der Waals surface area contributed by atoms with E-state index in [1.807, 2.05) is 24.3 Å². The third-order valence-corrected chi connectivity index (χ3v) is 3.76. The van der Waals surface area contributed by atoms with Crippen molar-refractivity contribution < 1.29 is 9.53 Å². The van der Waals surface area contributed by atoms with Gasteiger partial charge in [0.25, 0.3) is 0 Å². The van der Waals surface area contributed by atoms with Crippen molar-refractivity contribution in [3.63, 3.8) is 0 Å². The number of nitrogens with one attached hydrogen (secondary N) is 1. The molecule has 1 atom stereocenters. The van der Waals surface area contributed by atoms with Gasteiger partial charge < -0.3 is 10.1 Å². The Morgan fingerprint density at radius 2 is 2.11 bits per heavy atom. The van der Waals surface area contributed by atoms with Crippen molar-refractivity contribution in [1.29, 1.82) is 0 Å². The second-order valence-corrected chi connectivity index (χ2v) is 5.06. The van der Waals surface area contributed by atoms with Crippen LogP contribution in [0.1, 0.15) is 11.5 Å². The largest absolute Gasteiger partial charge is 0.469 e. The van der Waals surface area contributed by atoms with E-state index in [0.717, 1.165) is 31.7 Å². The average molecular weight is 283 g/mol. The maximum atomic E-state index is 12.0. The average Bonchev–Trinajstić information content (AvgIpc) is 2.46. The highest BCUT2D eigenvalue weighted by Crippen LogP contribution is 2.26. The van der Waals surface area contributed by atoms with Gasteiger partial charge in [-0.05, 0) is 11.6 Å². The van der Waals surface area contributed by atoms with E-state index in [-0.39, 0.29) is 11.9 Å². The van der Waals surface area contributed by atoms with Crippen molar-refractivity contribution in [2.45, 2.75) is 5.92 Å². The van der Waals surface area contributed by atoms with Crippen molar-refractivity contribution in [3.05, 3.63) is 34.9 Å². The van der Waals surface area contributed by atoms with E-state index in [0.29, 0.717) is 11.6 Å². The molecule has 104 valence electrons. The van der Waals surface area contributed by atoms with Crippen molar-refractivity contribution >= 4 is 17.6 Å². The van der Waals surface area contributed by atoms with Gasteiger partial charge >= 0.3 is 5.97 Å². The lowest BCUT2D eigenvalue weighted by Crippen LogP contribution is -2.45. The number of hydrogen-bond donors (Lipinski definition) is 1. The van der Waals surface area contributed by atoms with Crippen LogP contribution in [0.15, 0.2) is 24.3 Å². The fourth-order valence-electron chi connectivity index (χ4n) is 2.35. The third-order valence-electron chi connectivity index (χ3n) is 3.42. The number of nitrogens with zero attached hydrogens (tertiary/aromatic N) is 1. The number of rotatable bonds is 4. The predicted molar refractivity (Wildman–Crippen MR) is 75.5 cm³/mol. The van der Waals surface area contributed by atoms with Crippen molar-refractivity contribution in [3.8, 4) is 0 Å². The Kier molecular flexibility index (Phi) is 5.19. The van der Waals surface area contributed by atoms with Gasteiger partial charge in [-0.25, -0.2) is 0 Å². The highest BCUT2D eigenvalue weighted by molar-refractivity contribution is 6.31. The van der Waals surface area contributed by atoms with Gasteiger partial charge in [0.2, 0.25) is 0 Å². The summed E-state index contributed by atoms with van der Waals surface area (Å²) < 4.78 is 4.92. The predicted octanol–water partition coefficient (Wildman–Crippen LogP) is 1.50. The summed E-state index contributed by atoms with van der Waals surface area (Å²) in [5.74, 6) is -0.552. The quantitative estimate of drug-likeness (QED) is 0.850. The van der Waals surface area contributed by atoms with Gasteiger partial charge in [-0.3, -0.25) is 9.69 Å². The molecule has 19 heavy (non-hydrogen) atoms. The molecule has 1 aromatic carbocycles. The maximum Gasteiger partial charge on any atom is 0.314 e. The summed E-state index contributed by atoms with van der Waals surface area (Å²) in [5.41, 5.74) is 0.842. The van der Waals surface area contributed by atoms with E-state index < -0.39 is 0 Å². The van der Waals surface area contributed by atoms with Crippen LogP contribution in [0.2, 0.25) is 5.02 Å². The van der Waals surface area contributed by atoms with Crippen molar-refractivity contribution in [2.75, 3.05) is 39.8 Å². The van der Waals surface area contributed by atoms with E-state index in [4.69, 9.17) is 16.3 Å². The number of carbonyl (C=O) groups is 1. The van der Waals surface area contributed by atoms with Crippen LogP contribution in [-0.2, 0) is 9.53 Å². The van der Waals surface area contributed by atoms with Crippen LogP contribution in [0.5, 0.6) is 0 Å². The summed E-state index contributed by atoms with van der Waals surface area (Å²) in [6.07, 6.45) is 0. The minimum absolute atomic E-state index is 0.230. The molecule has 4 nitrogen and oxygen atoms in total. The fourth-order valence-corrected chi connectivity index (χ4v) is 2.62. The fraction of sp³-hybridized carbons (Fsp3) is 0.500. The summed E-state index contributed by atoms with van der Waals surface area (Å²) in [4.78, 5) is 14.3. The van der Waals surface area contributed by atoms with Gasteiger partial charge in [0, 0.05) is 37.7 Å². The summed E-state index contributed by atoms with van der Waals surface area (Å²) >= 11 is 6.20. The lowest BCUT2D eigenvalue weighted by molar-refractivity contribution is -0.143. The van der Waals surface area contributed by atoms with Gasteiger partial charge in [0.05, 0.1) is 13.0 Å². The standard InChI is InChI=1S/C14H19ClN2O2/c1-19-14(18)12(10-17-8-6-16-7-9-17)11-4-2-3-5-13(11)15/h2-5,12,16H,6-10H2,1H3. The van der Waals surface area contributed by atoms with Crippen molar-refractivity contribution in [1.82, 2.24) is 10.2 Å². The number of hydrogen-bond acceptors (Lipinski definition) is 4. The molecule has 2 rings (SSSR count). The molecule has 1 aromatic rings. The molecule has 1 fully saturated rings. The van der Waals surface area contributed by atoms with Gasteiger partial charge in [-0.1, -0.05) is 29.8 Å². The van der Waals surface area contributed by atoms with Gasteiger partial charge in [-0.2, -0.15) is 0 Å².